The molecule has 1 heterocycles. The quantitative estimate of drug-likeness (QED) is 0.763. The number of nitrogens with zero attached hydrogens (tertiary/aromatic N) is 1. The molecule has 1 aliphatic heterocycles. The van der Waals surface area contributed by atoms with Gasteiger partial charge in [-0.1, -0.05) is 30.3 Å². The van der Waals surface area contributed by atoms with Gasteiger partial charge in [0.1, 0.15) is 12.5 Å². The van der Waals surface area contributed by atoms with Crippen LogP contribution in [0.5, 0.6) is 0 Å². The van der Waals surface area contributed by atoms with Crippen molar-refractivity contribution in [3.8, 4) is 0 Å². The lowest BCUT2D eigenvalue weighted by atomic mass is 10.0. The summed E-state index contributed by atoms with van der Waals surface area (Å²) in [6.45, 7) is 1.24. The van der Waals surface area contributed by atoms with E-state index in [9.17, 15) is 9.59 Å². The van der Waals surface area contributed by atoms with Crippen LogP contribution in [-0.4, -0.2) is 30.0 Å². The number of hydrogen-bond donors (Lipinski definition) is 0. The summed E-state index contributed by atoms with van der Waals surface area (Å²) in [6, 6.07) is 9.56. The third-order valence-electron chi connectivity index (χ3n) is 3.92. The minimum Gasteiger partial charge on any atom is -0.445 e. The van der Waals surface area contributed by atoms with Crippen molar-refractivity contribution in [3.63, 3.8) is 0 Å². The van der Waals surface area contributed by atoms with E-state index in [-0.39, 0.29) is 18.1 Å². The van der Waals surface area contributed by atoms with Gasteiger partial charge in [0.15, 0.2) is 0 Å². The van der Waals surface area contributed by atoms with Crippen LogP contribution >= 0.6 is 0 Å². The van der Waals surface area contributed by atoms with Crippen molar-refractivity contribution in [2.45, 2.75) is 19.4 Å². The van der Waals surface area contributed by atoms with Gasteiger partial charge in [-0.2, -0.15) is 0 Å². The van der Waals surface area contributed by atoms with Gasteiger partial charge in [-0.25, -0.2) is 9.59 Å². The van der Waals surface area contributed by atoms with Gasteiger partial charge in [0.2, 0.25) is 0 Å². The summed E-state index contributed by atoms with van der Waals surface area (Å²) in [7, 11) is 0. The summed E-state index contributed by atoms with van der Waals surface area (Å²) in [5, 5.41) is 0. The third-order valence-corrected chi connectivity index (χ3v) is 3.92. The standard InChI is InChI=1S/C15H15NO3/c17-9-13-8-16(11-15(13)6-7-15)14(18)19-10-12-4-2-1-3-5-12/h1-5H,6-8,10-11H2. The average molecular weight is 257 g/mol. The molecule has 1 aliphatic carbocycles. The number of benzene rings is 1. The molecule has 19 heavy (non-hydrogen) atoms. The largest absolute Gasteiger partial charge is 0.445 e. The molecular formula is C15H15NO3. The monoisotopic (exact) mass is 257 g/mol. The van der Waals surface area contributed by atoms with Crippen LogP contribution in [0.2, 0.25) is 0 Å². The van der Waals surface area contributed by atoms with Crippen molar-refractivity contribution in [2.24, 2.45) is 5.41 Å². The predicted molar refractivity (Wildman–Crippen MR) is 69.1 cm³/mol. The van der Waals surface area contributed by atoms with Crippen molar-refractivity contribution in [3.05, 3.63) is 41.5 Å². The molecule has 1 saturated heterocycles. The molecule has 0 atom stereocenters. The number of hydrogen-bond acceptors (Lipinski definition) is 3. The smallest absolute Gasteiger partial charge is 0.410 e. The summed E-state index contributed by atoms with van der Waals surface area (Å²) >= 11 is 0. The normalized spacial score (nSPS) is 19.4. The van der Waals surface area contributed by atoms with E-state index < -0.39 is 0 Å². The minimum absolute atomic E-state index is 0.0620. The Hall–Kier alpha value is -2.06. The lowest BCUT2D eigenvalue weighted by Gasteiger charge is -2.15. The van der Waals surface area contributed by atoms with Crippen LogP contribution in [0.25, 0.3) is 0 Å². The molecule has 1 aromatic carbocycles. The highest BCUT2D eigenvalue weighted by Crippen LogP contribution is 2.55. The Labute approximate surface area is 111 Å². The van der Waals surface area contributed by atoms with Gasteiger partial charge < -0.3 is 9.64 Å². The number of carbonyl (C=O) groups is 1. The summed E-state index contributed by atoms with van der Waals surface area (Å²) in [5.74, 6) is 1.99. The second-order valence-electron chi connectivity index (χ2n) is 5.26. The summed E-state index contributed by atoms with van der Waals surface area (Å²) in [5.41, 5.74) is 1.62. The van der Waals surface area contributed by atoms with Crippen LogP contribution in [0.15, 0.2) is 35.9 Å². The highest BCUT2D eigenvalue weighted by Gasteiger charge is 2.54. The maximum Gasteiger partial charge on any atom is 0.410 e. The van der Waals surface area contributed by atoms with Gasteiger partial charge in [0.25, 0.3) is 0 Å². The number of rotatable bonds is 2. The second kappa shape index (κ2) is 4.56. The first-order valence-electron chi connectivity index (χ1n) is 6.44. The van der Waals surface area contributed by atoms with Gasteiger partial charge in [-0.05, 0) is 18.4 Å². The van der Waals surface area contributed by atoms with Gasteiger partial charge >= 0.3 is 6.09 Å². The van der Waals surface area contributed by atoms with Crippen LogP contribution in [0, 0.1) is 5.41 Å². The molecule has 2 fully saturated rings. The molecule has 1 spiro atoms. The highest BCUT2D eigenvalue weighted by atomic mass is 16.6. The van der Waals surface area contributed by atoms with Crippen LogP contribution in [0.1, 0.15) is 18.4 Å². The maximum absolute atomic E-state index is 12.0. The Morgan fingerprint density at radius 2 is 2.05 bits per heavy atom. The lowest BCUT2D eigenvalue weighted by Crippen LogP contribution is -2.29. The van der Waals surface area contributed by atoms with E-state index in [1.807, 2.05) is 36.3 Å². The van der Waals surface area contributed by atoms with Gasteiger partial charge in [0, 0.05) is 17.5 Å². The fourth-order valence-electron chi connectivity index (χ4n) is 2.57. The molecule has 4 heteroatoms. The number of carbonyl (C=O) groups excluding carboxylic acids is 2. The minimum atomic E-state index is -0.347. The zero-order valence-corrected chi connectivity index (χ0v) is 10.6. The van der Waals surface area contributed by atoms with Gasteiger partial charge in [-0.3, -0.25) is 0 Å². The van der Waals surface area contributed by atoms with E-state index in [4.69, 9.17) is 4.74 Å². The van der Waals surface area contributed by atoms with E-state index >= 15 is 0 Å². The predicted octanol–water partition coefficient (Wildman–Crippen LogP) is 2.18. The molecule has 0 unspecified atom stereocenters. The number of ether oxygens (including phenoxy) is 1. The Bertz CT molecular complexity index is 542. The van der Waals surface area contributed by atoms with Crippen LogP contribution in [0.4, 0.5) is 4.79 Å². The van der Waals surface area contributed by atoms with Crippen LogP contribution in [-0.2, 0) is 16.1 Å². The van der Waals surface area contributed by atoms with Crippen molar-refractivity contribution in [1.29, 1.82) is 0 Å². The average Bonchev–Trinajstić information content (AvgIpc) is 3.11. The summed E-state index contributed by atoms with van der Waals surface area (Å²) < 4.78 is 5.27. The Kier molecular flexibility index (Phi) is 2.88. The number of amides is 1. The van der Waals surface area contributed by atoms with Crippen LogP contribution in [0.3, 0.4) is 0 Å². The topological polar surface area (TPSA) is 46.6 Å². The van der Waals surface area contributed by atoms with Crippen molar-refractivity contribution in [1.82, 2.24) is 4.90 Å². The molecule has 1 aromatic rings. The molecule has 1 saturated carbocycles. The first-order chi connectivity index (χ1) is 9.23. The summed E-state index contributed by atoms with van der Waals surface area (Å²) in [6.07, 6.45) is 1.63. The first-order valence-corrected chi connectivity index (χ1v) is 6.44. The zero-order valence-electron chi connectivity index (χ0n) is 10.6. The van der Waals surface area contributed by atoms with E-state index in [1.54, 1.807) is 4.90 Å². The molecule has 0 radical (unpaired) electrons. The molecule has 98 valence electrons. The molecule has 0 aromatic heterocycles. The Morgan fingerprint density at radius 3 is 2.63 bits per heavy atom. The fourth-order valence-corrected chi connectivity index (χ4v) is 2.57. The van der Waals surface area contributed by atoms with Gasteiger partial charge in [0.05, 0.1) is 6.54 Å². The van der Waals surface area contributed by atoms with Crippen molar-refractivity contribution < 1.29 is 14.3 Å². The van der Waals surface area contributed by atoms with Crippen molar-refractivity contribution >= 4 is 12.0 Å². The number of likely N-dealkylation sites (tertiary alicyclic amines) is 1. The fraction of sp³-hybridized carbons (Fsp3) is 0.400. The maximum atomic E-state index is 12.0. The molecule has 3 rings (SSSR count). The molecule has 2 aliphatic rings. The molecule has 0 bridgehead atoms. The first kappa shape index (κ1) is 12.0. The Morgan fingerprint density at radius 1 is 1.32 bits per heavy atom. The lowest BCUT2D eigenvalue weighted by molar-refractivity contribution is 0.103. The molecule has 4 nitrogen and oxygen atoms in total. The summed E-state index contributed by atoms with van der Waals surface area (Å²) in [4.78, 5) is 24.4. The molecule has 0 N–H and O–H groups in total. The highest BCUT2D eigenvalue weighted by molar-refractivity contribution is 5.72. The van der Waals surface area contributed by atoms with E-state index in [0.717, 1.165) is 24.0 Å². The van der Waals surface area contributed by atoms with Gasteiger partial charge in [-0.15, -0.1) is 0 Å². The third kappa shape index (κ3) is 2.27. The molecule has 1 amide bonds. The van der Waals surface area contributed by atoms with Crippen LogP contribution < -0.4 is 0 Å². The van der Waals surface area contributed by atoms with E-state index in [2.05, 4.69) is 0 Å². The Balaban J connectivity index is 1.59. The van der Waals surface area contributed by atoms with E-state index in [1.165, 1.54) is 0 Å². The second-order valence-corrected chi connectivity index (χ2v) is 5.26. The van der Waals surface area contributed by atoms with Crippen molar-refractivity contribution in [2.75, 3.05) is 13.1 Å². The molecular weight excluding hydrogens is 242 g/mol. The van der Waals surface area contributed by atoms with E-state index in [0.29, 0.717) is 13.1 Å². The SMILES string of the molecule is O=C=C1CN(C(=O)OCc2ccccc2)CC12CC2. The zero-order chi connectivity index (χ0) is 13.3.